The Kier molecular flexibility index (Phi) is 2.62. The minimum Gasteiger partial charge on any atom is -0.332 e. The lowest BCUT2D eigenvalue weighted by molar-refractivity contribution is 0.494. The fraction of sp³-hybridized carbons (Fsp3) is 0.750. The lowest BCUT2D eigenvalue weighted by Crippen LogP contribution is -2.14. The Hall–Kier alpha value is -0.790. The molecule has 0 spiro atoms. The van der Waals surface area contributed by atoms with E-state index in [4.69, 9.17) is 0 Å². The summed E-state index contributed by atoms with van der Waals surface area (Å²) in [7, 11) is 0. The van der Waals surface area contributed by atoms with Gasteiger partial charge in [0.2, 0.25) is 0 Å². The zero-order valence-electron chi connectivity index (χ0n) is 9.51. The molecule has 0 radical (unpaired) electrons. The highest BCUT2D eigenvalue weighted by Gasteiger charge is 2.17. The van der Waals surface area contributed by atoms with Crippen molar-refractivity contribution in [1.29, 1.82) is 0 Å². The van der Waals surface area contributed by atoms with E-state index in [0.29, 0.717) is 0 Å². The van der Waals surface area contributed by atoms with Crippen LogP contribution in [0.25, 0.3) is 0 Å². The van der Waals surface area contributed by atoms with E-state index >= 15 is 0 Å². The van der Waals surface area contributed by atoms with Crippen LogP contribution in [0.2, 0.25) is 0 Å². The molecule has 0 atom stereocenters. The Labute approximate surface area is 86.3 Å². The molecule has 0 amide bonds. The average molecular weight is 192 g/mol. The van der Waals surface area contributed by atoms with Gasteiger partial charge in [-0.2, -0.15) is 0 Å². The van der Waals surface area contributed by atoms with Crippen LogP contribution in [-0.4, -0.2) is 9.55 Å². The number of aromatic nitrogens is 2. The molecule has 2 rings (SSSR count). The van der Waals surface area contributed by atoms with Crippen LogP contribution < -0.4 is 0 Å². The molecule has 0 N–H and O–H groups in total. The molecule has 1 aromatic rings. The zero-order valence-corrected chi connectivity index (χ0v) is 9.51. The third-order valence-electron chi connectivity index (χ3n) is 2.99. The summed E-state index contributed by atoms with van der Waals surface area (Å²) in [5.74, 6) is 2.06. The van der Waals surface area contributed by atoms with Crippen LogP contribution in [-0.2, 0) is 19.4 Å². The van der Waals surface area contributed by atoms with Gasteiger partial charge in [-0.1, -0.05) is 13.8 Å². The summed E-state index contributed by atoms with van der Waals surface area (Å²) in [6, 6.07) is 0. The molecule has 1 aliphatic heterocycles. The first-order valence-corrected chi connectivity index (χ1v) is 5.73. The number of fused-ring (bicyclic) bond motifs is 1. The Morgan fingerprint density at radius 2 is 2.14 bits per heavy atom. The molecule has 0 aromatic carbocycles. The normalized spacial score (nSPS) is 16.0. The molecule has 0 unspecified atom stereocenters. The minimum absolute atomic E-state index is 0.733. The molecule has 78 valence electrons. The molecule has 0 aliphatic carbocycles. The molecule has 0 fully saturated rings. The van der Waals surface area contributed by atoms with Crippen molar-refractivity contribution < 1.29 is 0 Å². The van der Waals surface area contributed by atoms with Gasteiger partial charge in [-0.3, -0.25) is 0 Å². The summed E-state index contributed by atoms with van der Waals surface area (Å²) in [5.41, 5.74) is 2.74. The van der Waals surface area contributed by atoms with E-state index in [1.54, 1.807) is 0 Å². The Morgan fingerprint density at radius 1 is 1.36 bits per heavy atom. The van der Waals surface area contributed by atoms with Crippen LogP contribution >= 0.6 is 0 Å². The second-order valence-corrected chi connectivity index (χ2v) is 4.77. The monoisotopic (exact) mass is 192 g/mol. The summed E-state index contributed by atoms with van der Waals surface area (Å²) in [6.07, 6.45) is 5.00. The van der Waals surface area contributed by atoms with E-state index in [2.05, 4.69) is 30.3 Å². The van der Waals surface area contributed by atoms with Gasteiger partial charge >= 0.3 is 0 Å². The first kappa shape index (κ1) is 9.75. The lowest BCUT2D eigenvalue weighted by Gasteiger charge is -2.17. The predicted molar refractivity (Wildman–Crippen MR) is 58.4 cm³/mol. The van der Waals surface area contributed by atoms with Crippen molar-refractivity contribution in [3.8, 4) is 0 Å². The van der Waals surface area contributed by atoms with Crippen LogP contribution in [0, 0.1) is 12.8 Å². The van der Waals surface area contributed by atoms with Crippen molar-refractivity contribution in [1.82, 2.24) is 9.55 Å². The van der Waals surface area contributed by atoms with E-state index in [1.807, 2.05) is 0 Å². The van der Waals surface area contributed by atoms with Crippen LogP contribution in [0.4, 0.5) is 0 Å². The first-order chi connectivity index (χ1) is 6.68. The van der Waals surface area contributed by atoms with E-state index in [0.717, 1.165) is 5.92 Å². The van der Waals surface area contributed by atoms with Crippen LogP contribution in [0.5, 0.6) is 0 Å². The Bertz CT molecular complexity index is 323. The molecule has 1 aliphatic rings. The second-order valence-electron chi connectivity index (χ2n) is 4.77. The van der Waals surface area contributed by atoms with Gasteiger partial charge in [0.05, 0.1) is 5.69 Å². The van der Waals surface area contributed by atoms with E-state index < -0.39 is 0 Å². The maximum atomic E-state index is 4.67. The largest absolute Gasteiger partial charge is 0.332 e. The Morgan fingerprint density at radius 3 is 2.86 bits per heavy atom. The third-order valence-corrected chi connectivity index (χ3v) is 2.99. The van der Waals surface area contributed by atoms with Gasteiger partial charge in [0.1, 0.15) is 5.82 Å². The van der Waals surface area contributed by atoms with Gasteiger partial charge < -0.3 is 4.57 Å². The fourth-order valence-electron chi connectivity index (χ4n) is 2.32. The maximum absolute atomic E-state index is 4.67. The summed E-state index contributed by atoms with van der Waals surface area (Å²) in [5, 5.41) is 0. The van der Waals surface area contributed by atoms with Crippen molar-refractivity contribution in [2.75, 3.05) is 0 Å². The maximum Gasteiger partial charge on any atom is 0.109 e. The van der Waals surface area contributed by atoms with Gasteiger partial charge in [-0.25, -0.2) is 4.98 Å². The number of aryl methyl sites for hydroxylation is 2. The summed E-state index contributed by atoms with van der Waals surface area (Å²) in [6.45, 7) is 7.91. The Balaban J connectivity index is 2.33. The summed E-state index contributed by atoms with van der Waals surface area (Å²) < 4.78 is 2.46. The van der Waals surface area contributed by atoms with Crippen molar-refractivity contribution >= 4 is 0 Å². The highest BCUT2D eigenvalue weighted by Crippen LogP contribution is 2.21. The fourth-order valence-corrected chi connectivity index (χ4v) is 2.32. The van der Waals surface area contributed by atoms with Crippen molar-refractivity contribution in [3.63, 3.8) is 0 Å². The number of imidazole rings is 1. The zero-order chi connectivity index (χ0) is 10.1. The van der Waals surface area contributed by atoms with Gasteiger partial charge in [0.25, 0.3) is 0 Å². The molecule has 2 heteroatoms. The molecule has 2 heterocycles. The van der Waals surface area contributed by atoms with Gasteiger partial charge in [-0.05, 0) is 32.1 Å². The lowest BCUT2D eigenvalue weighted by atomic mass is 10.1. The number of nitrogens with zero attached hydrogens (tertiary/aromatic N) is 2. The quantitative estimate of drug-likeness (QED) is 0.704. The average Bonchev–Trinajstić information content (AvgIpc) is 2.43. The van der Waals surface area contributed by atoms with Gasteiger partial charge in [0.15, 0.2) is 0 Å². The van der Waals surface area contributed by atoms with Gasteiger partial charge in [0, 0.05) is 18.7 Å². The van der Waals surface area contributed by atoms with Crippen molar-refractivity contribution in [2.45, 2.75) is 53.0 Å². The third kappa shape index (κ3) is 1.70. The number of rotatable bonds is 2. The van der Waals surface area contributed by atoms with Crippen molar-refractivity contribution in [3.05, 3.63) is 17.2 Å². The van der Waals surface area contributed by atoms with Crippen LogP contribution in [0.1, 0.15) is 43.9 Å². The highest BCUT2D eigenvalue weighted by atomic mass is 15.1. The van der Waals surface area contributed by atoms with E-state index in [9.17, 15) is 0 Å². The van der Waals surface area contributed by atoms with E-state index in [-0.39, 0.29) is 0 Å². The first-order valence-electron chi connectivity index (χ1n) is 5.73. The molecule has 0 bridgehead atoms. The highest BCUT2D eigenvalue weighted by molar-refractivity contribution is 5.17. The van der Waals surface area contributed by atoms with Crippen LogP contribution in [0.3, 0.4) is 0 Å². The standard InChI is InChI=1S/C12H20N2/c1-9(2)8-11-10(3)13-12-6-4-5-7-14(11)12/h9H,4-8H2,1-3H3. The predicted octanol–water partition coefficient (Wildman–Crippen LogP) is 2.73. The minimum atomic E-state index is 0.733. The molecular weight excluding hydrogens is 172 g/mol. The van der Waals surface area contributed by atoms with Gasteiger partial charge in [-0.15, -0.1) is 0 Å². The molecular formula is C12H20N2. The van der Waals surface area contributed by atoms with Crippen molar-refractivity contribution in [2.24, 2.45) is 5.92 Å². The molecule has 2 nitrogen and oxygen atoms in total. The molecule has 0 saturated heterocycles. The second kappa shape index (κ2) is 3.76. The SMILES string of the molecule is Cc1nc2n(c1CC(C)C)CCCC2. The topological polar surface area (TPSA) is 17.8 Å². The number of hydrogen-bond acceptors (Lipinski definition) is 1. The van der Waals surface area contributed by atoms with E-state index in [1.165, 1.54) is 49.4 Å². The molecule has 1 aromatic heterocycles. The summed E-state index contributed by atoms with van der Waals surface area (Å²) in [4.78, 5) is 4.67. The van der Waals surface area contributed by atoms with Crippen LogP contribution in [0.15, 0.2) is 0 Å². The molecule has 0 saturated carbocycles. The smallest absolute Gasteiger partial charge is 0.109 e. The summed E-state index contributed by atoms with van der Waals surface area (Å²) >= 11 is 0. The molecule has 14 heavy (non-hydrogen) atoms. The number of hydrogen-bond donors (Lipinski definition) is 0.